The number of benzene rings is 4. The molecule has 2 heteroatoms. The first-order chi connectivity index (χ1) is 17.6. The Morgan fingerprint density at radius 3 is 2.33 bits per heavy atom. The second kappa shape index (κ2) is 8.87. The van der Waals surface area contributed by atoms with Crippen LogP contribution in [0.15, 0.2) is 97.2 Å². The zero-order chi connectivity index (χ0) is 24.8. The Morgan fingerprint density at radius 1 is 0.833 bits per heavy atom. The molecule has 2 nitrogen and oxygen atoms in total. The van der Waals surface area contributed by atoms with Crippen molar-refractivity contribution in [2.45, 2.75) is 33.1 Å². The molecule has 36 heavy (non-hydrogen) atoms. The molecule has 0 saturated heterocycles. The highest BCUT2D eigenvalue weighted by molar-refractivity contribution is 6.23. The molecule has 0 unspecified atom stereocenters. The highest BCUT2D eigenvalue weighted by atomic mass is 14.9. The summed E-state index contributed by atoms with van der Waals surface area (Å²) in [6.45, 7) is 6.78. The summed E-state index contributed by atoms with van der Waals surface area (Å²) in [5.74, 6) is 0.448. The number of fused-ring (bicyclic) bond motifs is 6. The van der Waals surface area contributed by atoms with Crippen LogP contribution >= 0.6 is 0 Å². The lowest BCUT2D eigenvalue weighted by atomic mass is 9.92. The minimum absolute atomic E-state index is 0.448. The van der Waals surface area contributed by atoms with Gasteiger partial charge in [0.05, 0.1) is 16.6 Å². The van der Waals surface area contributed by atoms with Crippen molar-refractivity contribution in [2.75, 3.05) is 7.05 Å². The van der Waals surface area contributed by atoms with Crippen molar-refractivity contribution < 1.29 is 0 Å². The topological polar surface area (TPSA) is 16.4 Å². The maximum Gasteiger partial charge on any atom is 0.0620 e. The van der Waals surface area contributed by atoms with Crippen molar-refractivity contribution in [3.63, 3.8) is 0 Å². The molecule has 0 bridgehead atoms. The number of hydrogen-bond donors (Lipinski definition) is 1. The lowest BCUT2D eigenvalue weighted by Crippen LogP contribution is -1.98. The average Bonchev–Trinajstić information content (AvgIpc) is 3.40. The molecule has 0 fully saturated rings. The Morgan fingerprint density at radius 2 is 1.56 bits per heavy atom. The molecule has 6 aromatic rings. The first-order valence-electron chi connectivity index (χ1n) is 12.9. The maximum absolute atomic E-state index is 3.22. The van der Waals surface area contributed by atoms with E-state index >= 15 is 0 Å². The van der Waals surface area contributed by atoms with Gasteiger partial charge >= 0.3 is 0 Å². The fourth-order valence-corrected chi connectivity index (χ4v) is 5.83. The molecule has 1 N–H and O–H groups in total. The summed E-state index contributed by atoms with van der Waals surface area (Å²) < 4.78 is 2.48. The van der Waals surface area contributed by atoms with E-state index in [0.717, 1.165) is 6.42 Å². The number of nitrogens with zero attached hydrogens (tertiary/aromatic N) is 1. The predicted octanol–water partition coefficient (Wildman–Crippen LogP) is 8.63. The minimum Gasteiger partial charge on any atom is -0.393 e. The van der Waals surface area contributed by atoms with Gasteiger partial charge < -0.3 is 9.72 Å². The van der Waals surface area contributed by atoms with Crippen molar-refractivity contribution in [3.8, 4) is 0 Å². The van der Waals surface area contributed by atoms with Gasteiger partial charge in [0, 0.05) is 34.8 Å². The van der Waals surface area contributed by atoms with Gasteiger partial charge in [-0.1, -0.05) is 86.7 Å². The molecule has 0 aliphatic heterocycles. The van der Waals surface area contributed by atoms with Crippen LogP contribution in [0.3, 0.4) is 0 Å². The zero-order valence-corrected chi connectivity index (χ0v) is 21.5. The second-order valence-electron chi connectivity index (χ2n) is 10.1. The molecule has 0 saturated carbocycles. The van der Waals surface area contributed by atoms with Crippen molar-refractivity contribution in [1.29, 1.82) is 0 Å². The van der Waals surface area contributed by atoms with Crippen LogP contribution in [0.2, 0.25) is 0 Å². The Balaban J connectivity index is 1.49. The first kappa shape index (κ1) is 22.4. The third-order valence-corrected chi connectivity index (χ3v) is 7.50. The lowest BCUT2D eigenvalue weighted by molar-refractivity contribution is 0.852. The predicted molar refractivity (Wildman–Crippen MR) is 156 cm³/mol. The van der Waals surface area contributed by atoms with Crippen molar-refractivity contribution >= 4 is 43.7 Å². The van der Waals surface area contributed by atoms with Crippen molar-refractivity contribution in [2.24, 2.45) is 0 Å². The molecule has 0 amide bonds. The van der Waals surface area contributed by atoms with Crippen LogP contribution in [0.5, 0.6) is 0 Å². The smallest absolute Gasteiger partial charge is 0.0620 e. The summed E-state index contributed by atoms with van der Waals surface area (Å²) in [5.41, 5.74) is 10.5. The number of aryl methyl sites for hydroxylation is 1. The fraction of sp³-hybridized carbons (Fsp3) is 0.176. The summed E-state index contributed by atoms with van der Waals surface area (Å²) in [5, 5.41) is 8.58. The van der Waals surface area contributed by atoms with Gasteiger partial charge in [-0.05, 0) is 65.3 Å². The van der Waals surface area contributed by atoms with Gasteiger partial charge in [-0.3, -0.25) is 0 Å². The van der Waals surface area contributed by atoms with Crippen LogP contribution < -0.4 is 5.32 Å². The SMILES string of the molecule is CN/C=C(\C=C/Cc1cc2c3cccc4c5ccccc5n(c2cc1C(C)C)c43)c1ccccc1C. The monoisotopic (exact) mass is 468 g/mol. The Bertz CT molecular complexity index is 1780. The molecule has 0 spiro atoms. The van der Waals surface area contributed by atoms with E-state index in [1.165, 1.54) is 65.9 Å². The Labute approximate surface area is 212 Å². The Kier molecular flexibility index (Phi) is 5.53. The summed E-state index contributed by atoms with van der Waals surface area (Å²) in [4.78, 5) is 0. The normalized spacial score (nSPS) is 12.9. The van der Waals surface area contributed by atoms with Gasteiger partial charge in [0.1, 0.15) is 0 Å². The molecule has 0 radical (unpaired) electrons. The lowest BCUT2D eigenvalue weighted by Gasteiger charge is -2.13. The van der Waals surface area contributed by atoms with E-state index in [9.17, 15) is 0 Å². The molecule has 0 aliphatic rings. The van der Waals surface area contributed by atoms with Crippen LogP contribution in [0.4, 0.5) is 0 Å². The van der Waals surface area contributed by atoms with E-state index in [1.54, 1.807) is 0 Å². The molecule has 2 heterocycles. The molecule has 6 rings (SSSR count). The summed E-state index contributed by atoms with van der Waals surface area (Å²) in [6.07, 6.45) is 7.56. The van der Waals surface area contributed by atoms with Crippen LogP contribution in [0, 0.1) is 6.92 Å². The van der Waals surface area contributed by atoms with Crippen LogP contribution in [0.1, 0.15) is 42.0 Å². The van der Waals surface area contributed by atoms with Crippen molar-refractivity contribution in [3.05, 3.63) is 119 Å². The van der Waals surface area contributed by atoms with E-state index in [-0.39, 0.29) is 0 Å². The molecule has 0 aliphatic carbocycles. The van der Waals surface area contributed by atoms with Gasteiger partial charge in [-0.2, -0.15) is 0 Å². The quantitative estimate of drug-likeness (QED) is 0.242. The average molecular weight is 469 g/mol. The number of aromatic nitrogens is 1. The van der Waals surface area contributed by atoms with E-state index in [1.807, 2.05) is 7.05 Å². The third-order valence-electron chi connectivity index (χ3n) is 7.50. The summed E-state index contributed by atoms with van der Waals surface area (Å²) in [6, 6.07) is 29.0. The third kappa shape index (κ3) is 3.48. The first-order valence-corrected chi connectivity index (χ1v) is 12.9. The number of rotatable bonds is 6. The fourth-order valence-electron chi connectivity index (χ4n) is 5.83. The molecular weight excluding hydrogens is 436 g/mol. The van der Waals surface area contributed by atoms with Gasteiger partial charge in [0.25, 0.3) is 0 Å². The number of para-hydroxylation sites is 2. The standard InChI is InChI=1S/C34H32N2/c1-22(2)30-20-33-31(29-17-10-16-28-27-15-7-8-18-32(27)36(33)34(28)29)19-24(30)12-9-13-25(21-35-4)26-14-6-5-11-23(26)3/h5-11,13-22,35H,12H2,1-4H3/b13-9-,25-21+. The summed E-state index contributed by atoms with van der Waals surface area (Å²) in [7, 11) is 1.96. The van der Waals surface area contributed by atoms with Crippen LogP contribution in [0.25, 0.3) is 43.7 Å². The van der Waals surface area contributed by atoms with Gasteiger partial charge in [-0.15, -0.1) is 0 Å². The highest BCUT2D eigenvalue weighted by Gasteiger charge is 2.19. The highest BCUT2D eigenvalue weighted by Crippen LogP contribution is 2.40. The minimum atomic E-state index is 0.448. The second-order valence-corrected chi connectivity index (χ2v) is 10.1. The molecule has 178 valence electrons. The molecule has 2 aromatic heterocycles. The zero-order valence-electron chi connectivity index (χ0n) is 21.5. The van der Waals surface area contributed by atoms with Crippen LogP contribution in [-0.2, 0) is 6.42 Å². The van der Waals surface area contributed by atoms with Gasteiger partial charge in [-0.25, -0.2) is 0 Å². The molecule has 0 atom stereocenters. The summed E-state index contributed by atoms with van der Waals surface area (Å²) >= 11 is 0. The van der Waals surface area contributed by atoms with Crippen LogP contribution in [-0.4, -0.2) is 11.4 Å². The van der Waals surface area contributed by atoms with Gasteiger partial charge in [0.15, 0.2) is 0 Å². The molecule has 4 aromatic carbocycles. The molecular formula is C34H32N2. The van der Waals surface area contributed by atoms with Gasteiger partial charge in [0.2, 0.25) is 0 Å². The van der Waals surface area contributed by atoms with E-state index in [2.05, 4.69) is 128 Å². The largest absolute Gasteiger partial charge is 0.393 e. The van der Waals surface area contributed by atoms with E-state index < -0.39 is 0 Å². The maximum atomic E-state index is 3.22. The number of allylic oxidation sites excluding steroid dienone is 3. The van der Waals surface area contributed by atoms with E-state index in [4.69, 9.17) is 0 Å². The Hall–Kier alpha value is -4.04. The van der Waals surface area contributed by atoms with E-state index in [0.29, 0.717) is 5.92 Å². The number of nitrogens with one attached hydrogen (secondary N) is 1. The van der Waals surface area contributed by atoms with Crippen molar-refractivity contribution in [1.82, 2.24) is 9.72 Å². The number of hydrogen-bond acceptors (Lipinski definition) is 1.